The quantitative estimate of drug-likeness (QED) is 0.396. The van der Waals surface area contributed by atoms with Crippen LogP contribution in [0.1, 0.15) is 0 Å². The van der Waals surface area contributed by atoms with Crippen LogP contribution in [0.15, 0.2) is 65.8 Å². The van der Waals surface area contributed by atoms with E-state index in [1.54, 1.807) is 17.7 Å². The number of fused-ring (bicyclic) bond motifs is 1. The minimum atomic E-state index is -4.77. The number of alkyl halides is 3. The molecule has 8 nitrogen and oxygen atoms in total. The zero-order valence-electron chi connectivity index (χ0n) is 17.0. The van der Waals surface area contributed by atoms with Crippen LogP contribution in [0.25, 0.3) is 16.9 Å². The Kier molecular flexibility index (Phi) is 6.36. The van der Waals surface area contributed by atoms with Crippen molar-refractivity contribution in [3.63, 3.8) is 0 Å². The molecule has 0 saturated carbocycles. The molecule has 33 heavy (non-hydrogen) atoms. The lowest BCUT2D eigenvalue weighted by atomic mass is 10.1. The number of aromatic nitrogens is 4. The zero-order valence-corrected chi connectivity index (χ0v) is 17.9. The fourth-order valence-electron chi connectivity index (χ4n) is 2.84. The first-order valence-corrected chi connectivity index (χ1v) is 10.4. The minimum absolute atomic E-state index is 0.00393. The number of hydrogen-bond acceptors (Lipinski definition) is 7. The molecule has 4 rings (SSSR count). The summed E-state index contributed by atoms with van der Waals surface area (Å²) < 4.78 is 47.2. The Hall–Kier alpha value is -3.80. The molecule has 0 radical (unpaired) electrons. The molecule has 0 saturated heterocycles. The number of nitrogens with one attached hydrogen (secondary N) is 1. The number of benzene rings is 2. The summed E-state index contributed by atoms with van der Waals surface area (Å²) in [5.74, 6) is -0.0132. The van der Waals surface area contributed by atoms with Gasteiger partial charge in [0.1, 0.15) is 11.5 Å². The summed E-state index contributed by atoms with van der Waals surface area (Å²) in [7, 11) is 1.59. The Morgan fingerprint density at radius 3 is 2.36 bits per heavy atom. The van der Waals surface area contributed by atoms with Crippen LogP contribution >= 0.6 is 11.8 Å². The van der Waals surface area contributed by atoms with Crippen LogP contribution in [-0.4, -0.2) is 44.9 Å². The van der Waals surface area contributed by atoms with Crippen LogP contribution in [0.2, 0.25) is 0 Å². The molecule has 0 atom stereocenters. The summed E-state index contributed by atoms with van der Waals surface area (Å²) in [6.45, 7) is 0. The van der Waals surface area contributed by atoms with Crippen molar-refractivity contribution in [1.29, 1.82) is 0 Å². The molecule has 0 aliphatic heterocycles. The van der Waals surface area contributed by atoms with E-state index < -0.39 is 6.36 Å². The van der Waals surface area contributed by atoms with Gasteiger partial charge in [-0.1, -0.05) is 11.8 Å². The molecule has 0 fully saturated rings. The first kappa shape index (κ1) is 22.4. The molecule has 12 heteroatoms. The highest BCUT2D eigenvalue weighted by Crippen LogP contribution is 2.25. The largest absolute Gasteiger partial charge is 0.573 e. The van der Waals surface area contributed by atoms with Crippen LogP contribution in [-0.2, 0) is 4.79 Å². The Morgan fingerprint density at radius 1 is 1.00 bits per heavy atom. The molecule has 2 aromatic carbocycles. The summed E-state index contributed by atoms with van der Waals surface area (Å²) in [5, 5.41) is 15.7. The van der Waals surface area contributed by atoms with Crippen molar-refractivity contribution in [2.24, 2.45) is 0 Å². The third-order valence-corrected chi connectivity index (χ3v) is 5.24. The molecule has 2 aromatic heterocycles. The molecule has 1 amide bonds. The predicted octanol–water partition coefficient (Wildman–Crippen LogP) is 4.43. The van der Waals surface area contributed by atoms with Crippen LogP contribution < -0.4 is 14.8 Å². The van der Waals surface area contributed by atoms with Gasteiger partial charge < -0.3 is 14.8 Å². The molecule has 1 N–H and O–H groups in total. The number of nitrogens with zero attached hydrogens (tertiary/aromatic N) is 4. The molecule has 0 bridgehead atoms. The topological polar surface area (TPSA) is 90.6 Å². The van der Waals surface area contributed by atoms with Gasteiger partial charge in [0.05, 0.1) is 18.6 Å². The van der Waals surface area contributed by atoms with E-state index in [1.165, 1.54) is 12.1 Å². The molecule has 0 unspecified atom stereocenters. The second kappa shape index (κ2) is 9.36. The fraction of sp³-hybridized carbons (Fsp3) is 0.143. The number of rotatable bonds is 7. The Labute approximate surface area is 189 Å². The summed E-state index contributed by atoms with van der Waals surface area (Å²) in [6.07, 6.45) is -4.77. The normalized spacial score (nSPS) is 11.4. The van der Waals surface area contributed by atoms with Crippen molar-refractivity contribution < 1.29 is 27.4 Å². The molecular weight excluding hydrogens is 459 g/mol. The smallest absolute Gasteiger partial charge is 0.497 e. The number of ether oxygens (including phenoxy) is 2. The summed E-state index contributed by atoms with van der Waals surface area (Å²) >= 11 is 1.13. The third-order valence-electron chi connectivity index (χ3n) is 4.32. The van der Waals surface area contributed by atoms with E-state index in [9.17, 15) is 18.0 Å². The maximum Gasteiger partial charge on any atom is 0.573 e. The van der Waals surface area contributed by atoms with Crippen LogP contribution in [0.5, 0.6) is 11.5 Å². The number of carbonyl (C=O) groups excluding carboxylic acids is 1. The second-order valence-electron chi connectivity index (χ2n) is 6.61. The molecule has 0 spiro atoms. The Balaban J connectivity index is 1.41. The molecule has 4 aromatic rings. The van der Waals surface area contributed by atoms with Gasteiger partial charge >= 0.3 is 6.36 Å². The van der Waals surface area contributed by atoms with Gasteiger partial charge in [-0.2, -0.15) is 9.61 Å². The first-order chi connectivity index (χ1) is 15.8. The average Bonchev–Trinajstić information content (AvgIpc) is 3.20. The van der Waals surface area contributed by atoms with Gasteiger partial charge in [0.2, 0.25) is 11.1 Å². The van der Waals surface area contributed by atoms with Crippen LogP contribution in [0, 0.1) is 0 Å². The average molecular weight is 475 g/mol. The van der Waals surface area contributed by atoms with Crippen molar-refractivity contribution in [2.45, 2.75) is 11.5 Å². The van der Waals surface area contributed by atoms with Crippen LogP contribution in [0.3, 0.4) is 0 Å². The molecule has 2 heterocycles. The SMILES string of the molecule is COc1ccc(-c2ccc3nnc(SCC(=O)Nc4ccc(OC(F)(F)F)cc4)n3n2)cc1. The van der Waals surface area contributed by atoms with Gasteiger partial charge in [-0.3, -0.25) is 4.79 Å². The number of halogens is 3. The Morgan fingerprint density at radius 2 is 1.70 bits per heavy atom. The van der Waals surface area contributed by atoms with E-state index in [2.05, 4.69) is 25.3 Å². The lowest BCUT2D eigenvalue weighted by Gasteiger charge is -2.09. The van der Waals surface area contributed by atoms with E-state index in [0.29, 0.717) is 22.2 Å². The molecule has 0 aliphatic rings. The third kappa shape index (κ3) is 5.71. The Bertz CT molecular complexity index is 1260. The van der Waals surface area contributed by atoms with E-state index in [0.717, 1.165) is 35.2 Å². The van der Waals surface area contributed by atoms with Gasteiger partial charge in [0.15, 0.2) is 5.65 Å². The van der Waals surface area contributed by atoms with E-state index >= 15 is 0 Å². The van der Waals surface area contributed by atoms with Crippen molar-refractivity contribution in [3.8, 4) is 22.8 Å². The molecule has 0 aliphatic carbocycles. The number of amides is 1. The monoisotopic (exact) mass is 475 g/mol. The zero-order chi connectivity index (χ0) is 23.4. The second-order valence-corrected chi connectivity index (χ2v) is 7.55. The van der Waals surface area contributed by atoms with E-state index in [4.69, 9.17) is 4.74 Å². The molecular formula is C21H16F3N5O3S. The van der Waals surface area contributed by atoms with E-state index in [-0.39, 0.29) is 17.4 Å². The van der Waals surface area contributed by atoms with Gasteiger partial charge in [0, 0.05) is 11.3 Å². The summed E-state index contributed by atoms with van der Waals surface area (Å²) in [5.41, 5.74) is 2.42. The number of methoxy groups -OCH3 is 1. The molecule has 170 valence electrons. The number of thioether (sulfide) groups is 1. The summed E-state index contributed by atoms with van der Waals surface area (Å²) in [4.78, 5) is 12.3. The standard InChI is InChI=1S/C21H16F3N5O3S/c1-31-15-6-2-13(3-7-15)17-10-11-18-26-27-20(29(18)28-17)33-12-19(30)25-14-4-8-16(9-5-14)32-21(22,23)24/h2-11H,12H2,1H3,(H,25,30). The number of anilines is 1. The lowest BCUT2D eigenvalue weighted by molar-refractivity contribution is -0.274. The highest BCUT2D eigenvalue weighted by Gasteiger charge is 2.31. The predicted molar refractivity (Wildman–Crippen MR) is 115 cm³/mol. The fourth-order valence-corrected chi connectivity index (χ4v) is 3.53. The van der Waals surface area contributed by atoms with Crippen molar-refractivity contribution >= 4 is 29.0 Å². The van der Waals surface area contributed by atoms with Crippen LogP contribution in [0.4, 0.5) is 18.9 Å². The highest BCUT2D eigenvalue weighted by molar-refractivity contribution is 7.99. The highest BCUT2D eigenvalue weighted by atomic mass is 32.2. The lowest BCUT2D eigenvalue weighted by Crippen LogP contribution is -2.17. The first-order valence-electron chi connectivity index (χ1n) is 9.46. The van der Waals surface area contributed by atoms with Gasteiger partial charge in [-0.15, -0.1) is 23.4 Å². The van der Waals surface area contributed by atoms with Gasteiger partial charge in [-0.05, 0) is 60.7 Å². The summed E-state index contributed by atoms with van der Waals surface area (Å²) in [6, 6.07) is 15.9. The van der Waals surface area contributed by atoms with Crippen molar-refractivity contribution in [1.82, 2.24) is 19.8 Å². The van der Waals surface area contributed by atoms with Gasteiger partial charge in [-0.25, -0.2) is 0 Å². The maximum absolute atomic E-state index is 12.3. The van der Waals surface area contributed by atoms with Crippen molar-refractivity contribution in [2.75, 3.05) is 18.2 Å². The van der Waals surface area contributed by atoms with Crippen molar-refractivity contribution in [3.05, 3.63) is 60.7 Å². The van der Waals surface area contributed by atoms with Gasteiger partial charge in [0.25, 0.3) is 0 Å². The minimum Gasteiger partial charge on any atom is -0.497 e. The number of hydrogen-bond donors (Lipinski definition) is 1. The van der Waals surface area contributed by atoms with E-state index in [1.807, 2.05) is 30.3 Å². The maximum atomic E-state index is 12.3. The number of carbonyl (C=O) groups is 1.